The van der Waals surface area contributed by atoms with Crippen molar-refractivity contribution in [3.63, 3.8) is 0 Å². The van der Waals surface area contributed by atoms with E-state index in [1.165, 1.54) is 18.4 Å². The first kappa shape index (κ1) is 25.2. The summed E-state index contributed by atoms with van der Waals surface area (Å²) in [5.41, 5.74) is -0.162. The van der Waals surface area contributed by atoms with E-state index in [4.69, 9.17) is 9.72 Å². The molecule has 2 aromatic heterocycles. The predicted molar refractivity (Wildman–Crippen MR) is 132 cm³/mol. The van der Waals surface area contributed by atoms with Crippen LogP contribution in [-0.2, 0) is 27.3 Å². The van der Waals surface area contributed by atoms with Gasteiger partial charge in [-0.15, -0.1) is 22.7 Å². The summed E-state index contributed by atoms with van der Waals surface area (Å²) >= 11 is 3.01. The lowest BCUT2D eigenvalue weighted by molar-refractivity contribution is -0.144. The van der Waals surface area contributed by atoms with Crippen molar-refractivity contribution in [3.8, 4) is 0 Å². The van der Waals surface area contributed by atoms with Crippen molar-refractivity contribution in [2.24, 2.45) is 16.7 Å². The maximum Gasteiger partial charge on any atom is 0.252 e. The first-order valence-corrected chi connectivity index (χ1v) is 13.3. The Morgan fingerprint density at radius 1 is 1.32 bits per heavy atom. The third-order valence-electron chi connectivity index (χ3n) is 7.84. The van der Waals surface area contributed by atoms with Gasteiger partial charge in [0.1, 0.15) is 6.61 Å². The molecule has 1 saturated carbocycles. The van der Waals surface area contributed by atoms with Gasteiger partial charge in [0.05, 0.1) is 24.9 Å². The minimum absolute atomic E-state index is 0.0284. The summed E-state index contributed by atoms with van der Waals surface area (Å²) in [5, 5.41) is 29.5. The first-order chi connectivity index (χ1) is 16.2. The van der Waals surface area contributed by atoms with Crippen LogP contribution in [0.3, 0.4) is 0 Å². The smallest absolute Gasteiger partial charge is 0.252 e. The second-order valence-electron chi connectivity index (χ2n) is 9.90. The molecule has 1 fully saturated rings. The number of methoxy groups -OCH3 is 1. The number of thiazole rings is 1. The minimum Gasteiger partial charge on any atom is -0.396 e. The fourth-order valence-corrected chi connectivity index (χ4v) is 7.57. The number of carbonyl (C=O) groups is 2. The summed E-state index contributed by atoms with van der Waals surface area (Å²) < 4.78 is 4.91. The number of hydrogen-bond acceptors (Lipinski definition) is 8. The molecule has 0 bridgehead atoms. The van der Waals surface area contributed by atoms with Gasteiger partial charge in [-0.1, -0.05) is 19.9 Å². The van der Waals surface area contributed by atoms with E-state index < -0.39 is 11.5 Å². The Hall–Kier alpha value is -1.85. The molecule has 0 spiro atoms. The Bertz CT molecular complexity index is 1030. The van der Waals surface area contributed by atoms with E-state index in [9.17, 15) is 19.8 Å². The minimum atomic E-state index is -0.681. The van der Waals surface area contributed by atoms with Crippen LogP contribution in [0, 0.1) is 16.7 Å². The van der Waals surface area contributed by atoms with Gasteiger partial charge in [0.15, 0.2) is 5.13 Å². The molecule has 0 saturated heterocycles. The maximum atomic E-state index is 13.1. The summed E-state index contributed by atoms with van der Waals surface area (Å²) in [5.74, 6) is -0.550. The van der Waals surface area contributed by atoms with Gasteiger partial charge in [-0.3, -0.25) is 14.9 Å². The number of nitrogens with one attached hydrogen (secondary N) is 2. The normalized spacial score (nSPS) is 30.3. The largest absolute Gasteiger partial charge is 0.396 e. The average Bonchev–Trinajstić information content (AvgIpc) is 3.46. The van der Waals surface area contributed by atoms with E-state index in [1.807, 2.05) is 24.4 Å². The highest BCUT2D eigenvalue weighted by molar-refractivity contribution is 7.15. The van der Waals surface area contributed by atoms with E-state index in [0.29, 0.717) is 24.5 Å². The molecule has 8 nitrogen and oxygen atoms in total. The van der Waals surface area contributed by atoms with Gasteiger partial charge in [0, 0.05) is 34.6 Å². The Morgan fingerprint density at radius 2 is 2.12 bits per heavy atom. The highest BCUT2D eigenvalue weighted by atomic mass is 32.1. The molecule has 0 aliphatic heterocycles. The van der Waals surface area contributed by atoms with Crippen LogP contribution >= 0.6 is 22.7 Å². The Labute approximate surface area is 207 Å². The van der Waals surface area contributed by atoms with Gasteiger partial charge in [-0.2, -0.15) is 0 Å². The molecular weight excluding hydrogens is 474 g/mol. The van der Waals surface area contributed by atoms with Crippen molar-refractivity contribution in [3.05, 3.63) is 33.0 Å². The zero-order valence-corrected chi connectivity index (χ0v) is 21.4. The van der Waals surface area contributed by atoms with Crippen LogP contribution in [0.5, 0.6) is 0 Å². The van der Waals surface area contributed by atoms with Gasteiger partial charge in [-0.05, 0) is 42.0 Å². The second-order valence-corrected chi connectivity index (χ2v) is 12.0. The fourth-order valence-electron chi connectivity index (χ4n) is 5.84. The lowest BCUT2D eigenvalue weighted by Crippen LogP contribution is -2.57. The molecule has 5 atom stereocenters. The molecule has 2 aromatic rings. The van der Waals surface area contributed by atoms with Crippen LogP contribution in [0.4, 0.5) is 5.13 Å². The average molecular weight is 508 g/mol. The van der Waals surface area contributed by atoms with E-state index in [-0.39, 0.29) is 48.7 Å². The molecule has 4 rings (SSSR count). The summed E-state index contributed by atoms with van der Waals surface area (Å²) in [6.07, 6.45) is 1.59. The number of aliphatic hydroxyl groups excluding tert-OH is 2. The molecule has 5 unspecified atom stereocenters. The molecule has 10 heteroatoms. The highest BCUT2D eigenvalue weighted by Gasteiger charge is 2.59. The third-order valence-corrected chi connectivity index (χ3v) is 9.73. The van der Waals surface area contributed by atoms with E-state index in [0.717, 1.165) is 21.9 Å². The van der Waals surface area contributed by atoms with Crippen LogP contribution in [0.25, 0.3) is 0 Å². The van der Waals surface area contributed by atoms with E-state index in [1.54, 1.807) is 11.3 Å². The van der Waals surface area contributed by atoms with Gasteiger partial charge in [-0.25, -0.2) is 4.98 Å². The quantitative estimate of drug-likeness (QED) is 0.436. The lowest BCUT2D eigenvalue weighted by atomic mass is 9.47. The zero-order valence-electron chi connectivity index (χ0n) is 19.8. The van der Waals surface area contributed by atoms with Gasteiger partial charge >= 0.3 is 0 Å². The van der Waals surface area contributed by atoms with Crippen molar-refractivity contribution in [2.45, 2.75) is 58.1 Å². The topological polar surface area (TPSA) is 121 Å². The number of rotatable bonds is 8. The van der Waals surface area contributed by atoms with Gasteiger partial charge in [0.2, 0.25) is 5.91 Å². The molecule has 2 aliphatic carbocycles. The summed E-state index contributed by atoms with van der Waals surface area (Å²) in [7, 11) is 1.46. The number of carbonyl (C=O) groups excluding carboxylic acids is 2. The third kappa shape index (κ3) is 4.66. The van der Waals surface area contributed by atoms with Crippen molar-refractivity contribution < 1.29 is 24.5 Å². The molecule has 0 aromatic carbocycles. The number of thiophene rings is 1. The standard InChI is InChI=1S/C24H33N3O5S2/c1-23-7-6-18(29)24(2,13-28)17(23)10-16-21(27-22(34-16)26-20(31)12-32-3)15(23)9-19(30)25-11-14-5-4-8-33-14/h4-5,8,15,17-18,28-29H,6-7,9-13H2,1-3H3,(H,25,30)(H,26,27,31). The van der Waals surface area contributed by atoms with E-state index >= 15 is 0 Å². The number of fused-ring (bicyclic) bond motifs is 2. The Kier molecular flexibility index (Phi) is 7.44. The number of aromatic nitrogens is 1. The highest BCUT2D eigenvalue weighted by Crippen LogP contribution is 2.62. The van der Waals surface area contributed by atoms with Crippen molar-refractivity contribution >= 4 is 39.6 Å². The Morgan fingerprint density at radius 3 is 2.79 bits per heavy atom. The van der Waals surface area contributed by atoms with Crippen molar-refractivity contribution in [1.29, 1.82) is 0 Å². The Balaban J connectivity index is 1.65. The number of hydrogen-bond donors (Lipinski definition) is 4. The predicted octanol–water partition coefficient (Wildman–Crippen LogP) is 2.91. The lowest BCUT2D eigenvalue weighted by Gasteiger charge is -2.58. The van der Waals surface area contributed by atoms with Crippen LogP contribution in [-0.4, -0.2) is 53.4 Å². The SMILES string of the molecule is COCC(=O)Nc1nc2c(s1)CC1C(C)(CO)C(O)CCC1(C)C2CC(=O)NCc1cccs1. The fraction of sp³-hybridized carbons (Fsp3) is 0.625. The second kappa shape index (κ2) is 10.0. The number of amides is 2. The summed E-state index contributed by atoms with van der Waals surface area (Å²) in [6, 6.07) is 3.95. The number of aliphatic hydroxyl groups is 2. The van der Waals surface area contributed by atoms with Crippen molar-refractivity contribution in [1.82, 2.24) is 10.3 Å². The molecule has 34 heavy (non-hydrogen) atoms. The first-order valence-electron chi connectivity index (χ1n) is 11.6. The van der Waals surface area contributed by atoms with Crippen LogP contribution in [0.15, 0.2) is 17.5 Å². The number of ether oxygens (including phenoxy) is 1. The van der Waals surface area contributed by atoms with Crippen LogP contribution < -0.4 is 10.6 Å². The molecule has 0 radical (unpaired) electrons. The molecule has 2 amide bonds. The van der Waals surface area contributed by atoms with Crippen LogP contribution in [0.1, 0.15) is 54.5 Å². The monoisotopic (exact) mass is 507 g/mol. The number of anilines is 1. The summed E-state index contributed by atoms with van der Waals surface area (Å²) in [4.78, 5) is 32.0. The zero-order chi connectivity index (χ0) is 24.5. The maximum absolute atomic E-state index is 13.1. The molecule has 186 valence electrons. The summed E-state index contributed by atoms with van der Waals surface area (Å²) in [6.45, 7) is 4.41. The number of nitrogens with zero attached hydrogens (tertiary/aromatic N) is 1. The molecule has 4 N–H and O–H groups in total. The van der Waals surface area contributed by atoms with Gasteiger partial charge in [0.25, 0.3) is 5.91 Å². The van der Waals surface area contributed by atoms with Crippen LogP contribution in [0.2, 0.25) is 0 Å². The molecular formula is C24H33N3O5S2. The molecule has 2 aliphatic rings. The van der Waals surface area contributed by atoms with Gasteiger partial charge < -0.3 is 20.3 Å². The van der Waals surface area contributed by atoms with Crippen molar-refractivity contribution in [2.75, 3.05) is 25.6 Å². The van der Waals surface area contributed by atoms with E-state index in [2.05, 4.69) is 17.6 Å². The molecule has 2 heterocycles.